The minimum absolute atomic E-state index is 0. The van der Waals surface area contributed by atoms with Crippen LogP contribution in [0.5, 0.6) is 5.75 Å². The maximum atomic E-state index is 5.59. The molecule has 5 heteroatoms. The monoisotopic (exact) mass is 314 g/mol. The second-order valence-corrected chi connectivity index (χ2v) is 4.00. The molecular weight excluding hydrogens is 295 g/mol. The third-order valence-electron chi connectivity index (χ3n) is 2.67. The Morgan fingerprint density at radius 2 is 1.70 bits per heavy atom. The molecule has 1 heterocycles. The fourth-order valence-corrected chi connectivity index (χ4v) is 1.79. The molecule has 20 heavy (non-hydrogen) atoms. The molecule has 0 fully saturated rings. The Bertz CT molecular complexity index is 480. The van der Waals surface area contributed by atoms with E-state index in [1.54, 1.807) is 0 Å². The van der Waals surface area contributed by atoms with Crippen LogP contribution in [0.2, 0.25) is 0 Å². The lowest BCUT2D eigenvalue weighted by Gasteiger charge is -2.10. The lowest BCUT2D eigenvalue weighted by molar-refractivity contribution is 0.335. The number of hydrogen-bond acceptors (Lipinski definition) is 3. The van der Waals surface area contributed by atoms with E-state index in [4.69, 9.17) is 4.74 Å². The van der Waals surface area contributed by atoms with Crippen LogP contribution >= 0.6 is 24.8 Å². The normalized spacial score (nSPS) is 9.25. The Kier molecular flexibility index (Phi) is 9.82. The number of aromatic nitrogens is 1. The van der Waals surface area contributed by atoms with Crippen LogP contribution in [0.15, 0.2) is 48.8 Å². The first-order valence-corrected chi connectivity index (χ1v) is 6.20. The first-order valence-electron chi connectivity index (χ1n) is 6.20. The maximum Gasteiger partial charge on any atom is 0.123 e. The number of nitrogens with one attached hydrogen (secondary N) is 1. The van der Waals surface area contributed by atoms with E-state index in [1.165, 1.54) is 11.1 Å². The quantitative estimate of drug-likeness (QED) is 0.884. The van der Waals surface area contributed by atoms with Crippen LogP contribution in [0.1, 0.15) is 18.1 Å². The number of para-hydroxylation sites is 1. The van der Waals surface area contributed by atoms with Gasteiger partial charge in [-0.25, -0.2) is 0 Å². The SMILES string of the molecule is CCOc1ccccc1CNCc1ccncc1.Cl.Cl. The first kappa shape index (κ1) is 18.7. The minimum Gasteiger partial charge on any atom is -0.494 e. The van der Waals surface area contributed by atoms with Gasteiger partial charge in [0.2, 0.25) is 0 Å². The van der Waals surface area contributed by atoms with Crippen molar-refractivity contribution in [1.29, 1.82) is 0 Å². The number of halogens is 2. The van der Waals surface area contributed by atoms with Crippen molar-refractivity contribution in [3.63, 3.8) is 0 Å². The molecule has 1 N–H and O–H groups in total. The van der Waals surface area contributed by atoms with Gasteiger partial charge in [0.15, 0.2) is 0 Å². The molecule has 0 bridgehead atoms. The molecule has 110 valence electrons. The summed E-state index contributed by atoms with van der Waals surface area (Å²) in [6.45, 7) is 4.34. The highest BCUT2D eigenvalue weighted by Crippen LogP contribution is 2.17. The van der Waals surface area contributed by atoms with E-state index < -0.39 is 0 Å². The van der Waals surface area contributed by atoms with Crippen LogP contribution in [-0.2, 0) is 13.1 Å². The summed E-state index contributed by atoms with van der Waals surface area (Å²) in [6.07, 6.45) is 3.62. The average molecular weight is 315 g/mol. The van der Waals surface area contributed by atoms with E-state index in [1.807, 2.05) is 49.6 Å². The molecule has 0 aliphatic rings. The van der Waals surface area contributed by atoms with Crippen LogP contribution in [0, 0.1) is 0 Å². The summed E-state index contributed by atoms with van der Waals surface area (Å²) < 4.78 is 5.59. The van der Waals surface area contributed by atoms with Gasteiger partial charge < -0.3 is 10.1 Å². The number of ether oxygens (including phenoxy) is 1. The molecule has 0 spiro atoms. The second-order valence-electron chi connectivity index (χ2n) is 4.00. The van der Waals surface area contributed by atoms with Crippen LogP contribution in [-0.4, -0.2) is 11.6 Å². The number of nitrogens with zero attached hydrogens (tertiary/aromatic N) is 1. The second kappa shape index (κ2) is 10.5. The number of rotatable bonds is 6. The summed E-state index contributed by atoms with van der Waals surface area (Å²) in [5, 5.41) is 3.41. The zero-order valence-corrected chi connectivity index (χ0v) is 13.0. The van der Waals surface area contributed by atoms with Crippen LogP contribution < -0.4 is 10.1 Å². The highest BCUT2D eigenvalue weighted by molar-refractivity contribution is 5.85. The van der Waals surface area contributed by atoms with Gasteiger partial charge in [0.25, 0.3) is 0 Å². The van der Waals surface area contributed by atoms with Crippen LogP contribution in [0.25, 0.3) is 0 Å². The molecule has 1 aromatic heterocycles. The third kappa shape index (κ3) is 5.78. The molecule has 2 aromatic rings. The van der Waals surface area contributed by atoms with Crippen molar-refractivity contribution < 1.29 is 4.74 Å². The largest absolute Gasteiger partial charge is 0.494 e. The fourth-order valence-electron chi connectivity index (χ4n) is 1.79. The average Bonchev–Trinajstić information content (AvgIpc) is 2.42. The molecule has 0 aliphatic heterocycles. The van der Waals surface area contributed by atoms with Gasteiger partial charge in [-0.3, -0.25) is 4.98 Å². The number of hydrogen-bond donors (Lipinski definition) is 1. The molecule has 0 radical (unpaired) electrons. The summed E-state index contributed by atoms with van der Waals surface area (Å²) >= 11 is 0. The van der Waals surface area contributed by atoms with E-state index in [-0.39, 0.29) is 24.8 Å². The highest BCUT2D eigenvalue weighted by atomic mass is 35.5. The van der Waals surface area contributed by atoms with Crippen molar-refractivity contribution in [3.8, 4) is 5.75 Å². The van der Waals surface area contributed by atoms with Crippen LogP contribution in [0.4, 0.5) is 0 Å². The molecule has 3 nitrogen and oxygen atoms in total. The van der Waals surface area contributed by atoms with Gasteiger partial charge >= 0.3 is 0 Å². The van der Waals surface area contributed by atoms with E-state index >= 15 is 0 Å². The Hall–Kier alpha value is -1.29. The van der Waals surface area contributed by atoms with Gasteiger partial charge in [-0.2, -0.15) is 0 Å². The van der Waals surface area contributed by atoms with Crippen LogP contribution in [0.3, 0.4) is 0 Å². The standard InChI is InChI=1S/C15H18N2O.2ClH/c1-2-18-15-6-4-3-5-14(15)12-17-11-13-7-9-16-10-8-13;;/h3-10,17H,2,11-12H2,1H3;2*1H. The first-order chi connectivity index (χ1) is 8.90. The van der Waals surface area contributed by atoms with Crippen molar-refractivity contribution in [2.45, 2.75) is 20.0 Å². The van der Waals surface area contributed by atoms with Gasteiger partial charge in [0.05, 0.1) is 6.61 Å². The molecule has 1 aromatic carbocycles. The summed E-state index contributed by atoms with van der Waals surface area (Å²) in [4.78, 5) is 4.00. The lowest BCUT2D eigenvalue weighted by Crippen LogP contribution is -2.13. The zero-order chi connectivity index (χ0) is 12.6. The minimum atomic E-state index is 0. The Morgan fingerprint density at radius 1 is 1.00 bits per heavy atom. The van der Waals surface area contributed by atoms with Crippen molar-refractivity contribution in [2.75, 3.05) is 6.61 Å². The third-order valence-corrected chi connectivity index (χ3v) is 2.67. The van der Waals surface area contributed by atoms with Gasteiger partial charge in [-0.15, -0.1) is 24.8 Å². The summed E-state index contributed by atoms with van der Waals surface area (Å²) in [7, 11) is 0. The van der Waals surface area contributed by atoms with Gasteiger partial charge in [-0.05, 0) is 30.7 Å². The predicted molar refractivity (Wildman–Crippen MR) is 86.9 cm³/mol. The Balaban J connectivity index is 0.00000180. The van der Waals surface area contributed by atoms with E-state index in [9.17, 15) is 0 Å². The molecule has 2 rings (SSSR count). The number of benzene rings is 1. The maximum absolute atomic E-state index is 5.59. The lowest BCUT2D eigenvalue weighted by atomic mass is 10.2. The van der Waals surface area contributed by atoms with E-state index in [2.05, 4.69) is 16.4 Å². The molecule has 0 saturated heterocycles. The summed E-state index contributed by atoms with van der Waals surface area (Å²) in [6, 6.07) is 12.2. The zero-order valence-electron chi connectivity index (χ0n) is 11.4. The van der Waals surface area contributed by atoms with Gasteiger partial charge in [0, 0.05) is 31.0 Å². The topological polar surface area (TPSA) is 34.1 Å². The van der Waals surface area contributed by atoms with Gasteiger partial charge in [0.1, 0.15) is 5.75 Å². The smallest absolute Gasteiger partial charge is 0.123 e. The number of pyridine rings is 1. The molecule has 0 unspecified atom stereocenters. The molecular formula is C15H20Cl2N2O. The van der Waals surface area contributed by atoms with Gasteiger partial charge in [-0.1, -0.05) is 18.2 Å². The molecule has 0 atom stereocenters. The van der Waals surface area contributed by atoms with Crippen molar-refractivity contribution in [3.05, 3.63) is 59.9 Å². The molecule has 0 amide bonds. The van der Waals surface area contributed by atoms with Crippen molar-refractivity contribution in [2.24, 2.45) is 0 Å². The van der Waals surface area contributed by atoms with E-state index in [0.29, 0.717) is 6.61 Å². The van der Waals surface area contributed by atoms with Crippen molar-refractivity contribution in [1.82, 2.24) is 10.3 Å². The Labute approximate surface area is 132 Å². The molecule has 0 saturated carbocycles. The molecule has 0 aliphatic carbocycles. The summed E-state index contributed by atoms with van der Waals surface area (Å²) in [5.41, 5.74) is 2.42. The van der Waals surface area contributed by atoms with E-state index in [0.717, 1.165) is 18.8 Å². The summed E-state index contributed by atoms with van der Waals surface area (Å²) in [5.74, 6) is 0.960. The highest BCUT2D eigenvalue weighted by Gasteiger charge is 2.01. The van der Waals surface area contributed by atoms with Crippen molar-refractivity contribution >= 4 is 24.8 Å². The fraction of sp³-hybridized carbons (Fsp3) is 0.267. The Morgan fingerprint density at radius 3 is 2.40 bits per heavy atom. The predicted octanol–water partition coefficient (Wildman–Crippen LogP) is 3.61.